The maximum Gasteiger partial charge on any atom is 0.211 e. The van der Waals surface area contributed by atoms with Crippen molar-refractivity contribution in [1.82, 2.24) is 0 Å². The third-order valence-corrected chi connectivity index (χ3v) is 1.34. The number of phenolic OH excluding ortho intramolecular Hbond substituents is 1. The Morgan fingerprint density at radius 2 is 2.33 bits per heavy atom. The fourth-order valence-corrected chi connectivity index (χ4v) is 0.783. The van der Waals surface area contributed by atoms with Gasteiger partial charge >= 0.3 is 0 Å². The minimum absolute atomic E-state index is 0.0889. The number of hydrogen-bond donors (Lipinski definition) is 2. The highest BCUT2D eigenvalue weighted by atomic mass is 16.3. The van der Waals surface area contributed by atoms with Crippen LogP contribution in [-0.2, 0) is 4.79 Å². The first-order valence-electron chi connectivity index (χ1n) is 3.21. The lowest BCUT2D eigenvalue weighted by molar-refractivity contribution is -0.105. The molecular weight excluding hydrogens is 156 g/mol. The van der Waals surface area contributed by atoms with Gasteiger partial charge in [0, 0.05) is 5.69 Å². The highest BCUT2D eigenvalue weighted by molar-refractivity contribution is 5.72. The van der Waals surface area contributed by atoms with Crippen LogP contribution < -0.4 is 5.32 Å². The number of amides is 1. The lowest BCUT2D eigenvalue weighted by Crippen LogP contribution is -1.93. The van der Waals surface area contributed by atoms with Gasteiger partial charge in [-0.1, -0.05) is 0 Å². The molecule has 0 fully saturated rings. The smallest absolute Gasteiger partial charge is 0.211 e. The molecule has 60 valence electrons. The molecule has 0 unspecified atom stereocenters. The third-order valence-electron chi connectivity index (χ3n) is 1.34. The Morgan fingerprint density at radius 1 is 1.58 bits per heavy atom. The van der Waals surface area contributed by atoms with E-state index in [1.54, 1.807) is 6.07 Å². The van der Waals surface area contributed by atoms with Gasteiger partial charge in [-0.15, -0.1) is 0 Å². The number of nitrogens with one attached hydrogen (secondary N) is 1. The van der Waals surface area contributed by atoms with Gasteiger partial charge in [0.05, 0.1) is 5.56 Å². The van der Waals surface area contributed by atoms with Crippen molar-refractivity contribution in [2.24, 2.45) is 0 Å². The van der Waals surface area contributed by atoms with Crippen LogP contribution in [0.5, 0.6) is 5.75 Å². The molecule has 0 spiro atoms. The molecule has 0 saturated heterocycles. The number of hydrogen-bond acceptors (Lipinski definition) is 3. The fourth-order valence-electron chi connectivity index (χ4n) is 0.783. The van der Waals surface area contributed by atoms with Crippen LogP contribution in [0, 0.1) is 11.3 Å². The van der Waals surface area contributed by atoms with E-state index in [4.69, 9.17) is 10.4 Å². The first-order chi connectivity index (χ1) is 5.77. The molecule has 0 heterocycles. The fraction of sp³-hybridized carbons (Fsp3) is 0. The molecule has 1 aromatic rings. The van der Waals surface area contributed by atoms with Crippen LogP contribution >= 0.6 is 0 Å². The molecule has 0 atom stereocenters. The molecule has 12 heavy (non-hydrogen) atoms. The first-order valence-corrected chi connectivity index (χ1v) is 3.21. The summed E-state index contributed by atoms with van der Waals surface area (Å²) in [5, 5.41) is 19.9. The average molecular weight is 162 g/mol. The van der Waals surface area contributed by atoms with Crippen LogP contribution in [0.25, 0.3) is 0 Å². The lowest BCUT2D eigenvalue weighted by atomic mass is 10.2. The van der Waals surface area contributed by atoms with Gasteiger partial charge in [-0.05, 0) is 18.2 Å². The largest absolute Gasteiger partial charge is 0.507 e. The van der Waals surface area contributed by atoms with E-state index in [9.17, 15) is 4.79 Å². The number of rotatable bonds is 2. The van der Waals surface area contributed by atoms with Crippen LogP contribution in [0.4, 0.5) is 5.69 Å². The van der Waals surface area contributed by atoms with E-state index in [2.05, 4.69) is 5.32 Å². The summed E-state index contributed by atoms with van der Waals surface area (Å²) in [6.07, 6.45) is 0.507. The minimum atomic E-state index is -0.0889. The number of nitrogens with zero attached hydrogens (tertiary/aromatic N) is 1. The van der Waals surface area contributed by atoms with Gasteiger partial charge in [0.2, 0.25) is 6.41 Å². The lowest BCUT2D eigenvalue weighted by Gasteiger charge is -1.99. The molecule has 0 aliphatic rings. The van der Waals surface area contributed by atoms with Crippen molar-refractivity contribution in [3.05, 3.63) is 23.8 Å². The molecule has 0 saturated carbocycles. The van der Waals surface area contributed by atoms with E-state index in [1.807, 2.05) is 0 Å². The van der Waals surface area contributed by atoms with Crippen LogP contribution in [0.3, 0.4) is 0 Å². The SMILES string of the molecule is N#Cc1cc(NC=O)ccc1O. The molecular formula is C8H6N2O2. The van der Waals surface area contributed by atoms with Crippen LogP contribution in [0.2, 0.25) is 0 Å². The molecule has 0 radical (unpaired) electrons. The van der Waals surface area contributed by atoms with Crippen molar-refractivity contribution >= 4 is 12.1 Å². The van der Waals surface area contributed by atoms with Gasteiger partial charge in [0.25, 0.3) is 0 Å². The topological polar surface area (TPSA) is 73.1 Å². The van der Waals surface area contributed by atoms with Gasteiger partial charge in [-0.3, -0.25) is 4.79 Å². The second-order valence-corrected chi connectivity index (χ2v) is 2.11. The average Bonchev–Trinajstić information content (AvgIpc) is 2.09. The summed E-state index contributed by atoms with van der Waals surface area (Å²) in [4.78, 5) is 10.0. The minimum Gasteiger partial charge on any atom is -0.507 e. The summed E-state index contributed by atoms with van der Waals surface area (Å²) in [5.74, 6) is -0.0889. The Balaban J connectivity index is 3.07. The van der Waals surface area contributed by atoms with Crippen molar-refractivity contribution in [3.8, 4) is 11.8 Å². The van der Waals surface area contributed by atoms with Gasteiger partial charge in [-0.2, -0.15) is 5.26 Å². The summed E-state index contributed by atoms with van der Waals surface area (Å²) in [5.41, 5.74) is 0.626. The molecule has 1 amide bonds. The zero-order valence-corrected chi connectivity index (χ0v) is 6.11. The first kappa shape index (κ1) is 8.08. The van der Waals surface area contributed by atoms with E-state index >= 15 is 0 Å². The number of carbonyl (C=O) groups excluding carboxylic acids is 1. The van der Waals surface area contributed by atoms with Crippen LogP contribution in [0.1, 0.15) is 5.56 Å². The highest BCUT2D eigenvalue weighted by Gasteiger charge is 1.99. The molecule has 0 bridgehead atoms. The predicted molar refractivity (Wildman–Crippen MR) is 42.5 cm³/mol. The summed E-state index contributed by atoms with van der Waals surface area (Å²) >= 11 is 0. The molecule has 2 N–H and O–H groups in total. The van der Waals surface area contributed by atoms with Crippen molar-refractivity contribution in [2.75, 3.05) is 5.32 Å². The van der Waals surface area contributed by atoms with Gasteiger partial charge < -0.3 is 10.4 Å². The summed E-state index contributed by atoms with van der Waals surface area (Å²) in [6.45, 7) is 0. The Bertz CT molecular complexity index is 341. The summed E-state index contributed by atoms with van der Waals surface area (Å²) < 4.78 is 0. The Morgan fingerprint density at radius 3 is 2.92 bits per heavy atom. The molecule has 4 heteroatoms. The number of phenols is 1. The zero-order valence-electron chi connectivity index (χ0n) is 6.11. The normalized spacial score (nSPS) is 8.58. The van der Waals surface area contributed by atoms with Crippen molar-refractivity contribution in [2.45, 2.75) is 0 Å². The summed E-state index contributed by atoms with van der Waals surface area (Å²) in [6, 6.07) is 6.04. The second kappa shape index (κ2) is 3.39. The van der Waals surface area contributed by atoms with Crippen molar-refractivity contribution in [3.63, 3.8) is 0 Å². The van der Waals surface area contributed by atoms with E-state index in [0.717, 1.165) is 0 Å². The van der Waals surface area contributed by atoms with E-state index in [-0.39, 0.29) is 11.3 Å². The van der Waals surface area contributed by atoms with Crippen LogP contribution in [-0.4, -0.2) is 11.5 Å². The Hall–Kier alpha value is -2.02. The van der Waals surface area contributed by atoms with E-state index in [0.29, 0.717) is 12.1 Å². The summed E-state index contributed by atoms with van der Waals surface area (Å²) in [7, 11) is 0. The van der Waals surface area contributed by atoms with E-state index in [1.165, 1.54) is 18.2 Å². The molecule has 0 aliphatic heterocycles. The number of aromatic hydroxyl groups is 1. The molecule has 4 nitrogen and oxygen atoms in total. The number of carbonyl (C=O) groups is 1. The maximum atomic E-state index is 10.0. The zero-order chi connectivity index (χ0) is 8.97. The van der Waals surface area contributed by atoms with Crippen molar-refractivity contribution in [1.29, 1.82) is 5.26 Å². The monoisotopic (exact) mass is 162 g/mol. The Kier molecular flexibility index (Phi) is 2.29. The van der Waals surface area contributed by atoms with Gasteiger partial charge in [0.1, 0.15) is 11.8 Å². The number of benzene rings is 1. The van der Waals surface area contributed by atoms with Gasteiger partial charge in [-0.25, -0.2) is 0 Å². The maximum absolute atomic E-state index is 10.0. The van der Waals surface area contributed by atoms with Crippen molar-refractivity contribution < 1.29 is 9.90 Å². The molecule has 0 aromatic heterocycles. The molecule has 1 rings (SSSR count). The Labute approximate surface area is 69.1 Å². The third kappa shape index (κ3) is 1.52. The number of nitriles is 1. The standard InChI is InChI=1S/C8H6N2O2/c9-4-6-3-7(10-5-11)1-2-8(6)12/h1-3,5,12H,(H,10,11). The quantitative estimate of drug-likeness (QED) is 0.499. The molecule has 1 aromatic carbocycles. The van der Waals surface area contributed by atoms with Gasteiger partial charge in [0.15, 0.2) is 0 Å². The van der Waals surface area contributed by atoms with E-state index < -0.39 is 0 Å². The number of anilines is 1. The van der Waals surface area contributed by atoms with Crippen LogP contribution in [0.15, 0.2) is 18.2 Å². The second-order valence-electron chi connectivity index (χ2n) is 2.11. The predicted octanol–water partition coefficient (Wildman–Crippen LogP) is 0.832. The highest BCUT2D eigenvalue weighted by Crippen LogP contribution is 2.19. The molecule has 0 aliphatic carbocycles.